The molecule has 1 aliphatic heterocycles. The van der Waals surface area contributed by atoms with Gasteiger partial charge in [-0.3, -0.25) is 9.69 Å². The summed E-state index contributed by atoms with van der Waals surface area (Å²) in [5, 5.41) is 11.9. The number of nitrogens with zero attached hydrogens (tertiary/aromatic N) is 2. The van der Waals surface area contributed by atoms with Gasteiger partial charge in [0.25, 0.3) is 0 Å². The molecule has 0 aromatic heterocycles. The normalized spacial score (nSPS) is 15.6. The summed E-state index contributed by atoms with van der Waals surface area (Å²) in [5.74, 6) is -1.31. The van der Waals surface area contributed by atoms with Gasteiger partial charge in [-0.15, -0.1) is 0 Å². The molecule has 0 aliphatic carbocycles. The van der Waals surface area contributed by atoms with Crippen molar-refractivity contribution in [3.8, 4) is 0 Å². The number of anilines is 2. The van der Waals surface area contributed by atoms with Crippen LogP contribution in [0.15, 0.2) is 18.2 Å². The van der Waals surface area contributed by atoms with Crippen molar-refractivity contribution in [2.45, 2.75) is 20.3 Å². The highest BCUT2D eigenvalue weighted by atomic mass is 16.4. The van der Waals surface area contributed by atoms with E-state index >= 15 is 0 Å². The highest BCUT2D eigenvalue weighted by Crippen LogP contribution is 2.24. The average Bonchev–Trinajstić information content (AvgIpc) is 2.48. The van der Waals surface area contributed by atoms with Crippen molar-refractivity contribution in [2.75, 3.05) is 42.9 Å². The maximum atomic E-state index is 11.4. The predicted octanol–water partition coefficient (Wildman–Crippen LogP) is 1.88. The summed E-state index contributed by atoms with van der Waals surface area (Å²) in [6.45, 7) is 8.40. The lowest BCUT2D eigenvalue weighted by Gasteiger charge is -2.36. The third kappa shape index (κ3) is 3.98. The van der Waals surface area contributed by atoms with Crippen LogP contribution in [0.1, 0.15) is 30.6 Å². The van der Waals surface area contributed by atoms with Crippen LogP contribution in [-0.4, -0.2) is 54.6 Å². The molecule has 1 aromatic rings. The molecule has 1 saturated heterocycles. The molecule has 0 spiro atoms. The summed E-state index contributed by atoms with van der Waals surface area (Å²) in [5.41, 5.74) is 1.36. The Morgan fingerprint density at radius 3 is 2.45 bits per heavy atom. The summed E-state index contributed by atoms with van der Waals surface area (Å²) < 4.78 is 0. The van der Waals surface area contributed by atoms with Gasteiger partial charge in [0.1, 0.15) is 0 Å². The molecule has 120 valence electrons. The van der Waals surface area contributed by atoms with Gasteiger partial charge in [0, 0.05) is 38.8 Å². The summed E-state index contributed by atoms with van der Waals surface area (Å²) in [6.07, 6.45) is 1.15. The molecule has 6 heteroatoms. The van der Waals surface area contributed by atoms with Crippen LogP contribution >= 0.6 is 0 Å². The van der Waals surface area contributed by atoms with Crippen LogP contribution in [0.2, 0.25) is 0 Å². The van der Waals surface area contributed by atoms with Gasteiger partial charge in [0.05, 0.1) is 11.3 Å². The van der Waals surface area contributed by atoms with E-state index in [1.54, 1.807) is 12.1 Å². The topological polar surface area (TPSA) is 72.9 Å². The maximum absolute atomic E-state index is 11.4. The first kappa shape index (κ1) is 16.3. The molecule has 0 bridgehead atoms. The van der Waals surface area contributed by atoms with Gasteiger partial charge < -0.3 is 15.3 Å². The molecule has 22 heavy (non-hydrogen) atoms. The highest BCUT2D eigenvalue weighted by molar-refractivity contribution is 6.00. The number of carbonyl (C=O) groups is 2. The largest absolute Gasteiger partial charge is 0.478 e. The molecule has 1 heterocycles. The number of hydrogen-bond donors (Lipinski definition) is 2. The standard InChI is InChI=1S/C16H23N3O3/c1-3-6-18-7-9-19(10-8-18)13-4-5-15(17-12(2)20)14(11-13)16(21)22/h4-5,11H,3,6-10H2,1-2H3,(H,17,20)(H,21,22). The van der Waals surface area contributed by atoms with Crippen LogP contribution in [0.4, 0.5) is 11.4 Å². The number of nitrogens with one attached hydrogen (secondary N) is 1. The van der Waals surface area contributed by atoms with Gasteiger partial charge in [0.15, 0.2) is 0 Å². The zero-order valence-corrected chi connectivity index (χ0v) is 13.1. The number of carboxylic acid groups (broad SMARTS) is 1. The summed E-state index contributed by atoms with van der Waals surface area (Å²) in [6, 6.07) is 5.18. The average molecular weight is 305 g/mol. The smallest absolute Gasteiger partial charge is 0.337 e. The lowest BCUT2D eigenvalue weighted by Crippen LogP contribution is -2.46. The quantitative estimate of drug-likeness (QED) is 0.869. The number of hydrogen-bond acceptors (Lipinski definition) is 4. The van der Waals surface area contributed by atoms with Gasteiger partial charge in [-0.25, -0.2) is 4.79 Å². The molecule has 2 N–H and O–H groups in total. The summed E-state index contributed by atoms with van der Waals surface area (Å²) in [7, 11) is 0. The number of carbonyl (C=O) groups excluding carboxylic acids is 1. The fourth-order valence-electron chi connectivity index (χ4n) is 2.75. The van der Waals surface area contributed by atoms with E-state index in [4.69, 9.17) is 0 Å². The summed E-state index contributed by atoms with van der Waals surface area (Å²) in [4.78, 5) is 27.2. The van der Waals surface area contributed by atoms with E-state index < -0.39 is 5.97 Å². The Kier molecular flexibility index (Phi) is 5.38. The number of rotatable bonds is 5. The molecular weight excluding hydrogens is 282 g/mol. The SMILES string of the molecule is CCCN1CCN(c2ccc(NC(C)=O)c(C(=O)O)c2)CC1. The minimum atomic E-state index is -1.03. The Bertz CT molecular complexity index is 552. The van der Waals surface area contributed by atoms with Gasteiger partial charge >= 0.3 is 5.97 Å². The fraction of sp³-hybridized carbons (Fsp3) is 0.500. The number of benzene rings is 1. The number of carboxylic acids is 1. The molecule has 1 fully saturated rings. The third-order valence-electron chi connectivity index (χ3n) is 3.82. The molecule has 0 saturated carbocycles. The number of aromatic carboxylic acids is 1. The van der Waals surface area contributed by atoms with Crippen LogP contribution in [0.25, 0.3) is 0 Å². The Morgan fingerprint density at radius 1 is 1.23 bits per heavy atom. The monoisotopic (exact) mass is 305 g/mol. The summed E-state index contributed by atoms with van der Waals surface area (Å²) >= 11 is 0. The van der Waals surface area contributed by atoms with Crippen molar-refractivity contribution in [1.29, 1.82) is 0 Å². The van der Waals surface area contributed by atoms with Gasteiger partial charge in [-0.05, 0) is 31.2 Å². The van der Waals surface area contributed by atoms with Crippen LogP contribution in [0, 0.1) is 0 Å². The van der Waals surface area contributed by atoms with Crippen molar-refractivity contribution in [1.82, 2.24) is 4.90 Å². The van der Waals surface area contributed by atoms with Gasteiger partial charge in [0.2, 0.25) is 5.91 Å². The highest BCUT2D eigenvalue weighted by Gasteiger charge is 2.19. The molecule has 1 aromatic carbocycles. The zero-order chi connectivity index (χ0) is 16.1. The lowest BCUT2D eigenvalue weighted by atomic mass is 10.1. The van der Waals surface area contributed by atoms with Crippen molar-refractivity contribution >= 4 is 23.3 Å². The van der Waals surface area contributed by atoms with Crippen LogP contribution in [-0.2, 0) is 4.79 Å². The second-order valence-corrected chi connectivity index (χ2v) is 5.54. The molecule has 0 radical (unpaired) electrons. The van der Waals surface area contributed by atoms with E-state index in [1.807, 2.05) is 6.07 Å². The first-order valence-electron chi connectivity index (χ1n) is 7.63. The van der Waals surface area contributed by atoms with Gasteiger partial charge in [-0.1, -0.05) is 6.92 Å². The fourth-order valence-corrected chi connectivity index (χ4v) is 2.75. The maximum Gasteiger partial charge on any atom is 0.337 e. The lowest BCUT2D eigenvalue weighted by molar-refractivity contribution is -0.114. The molecule has 6 nitrogen and oxygen atoms in total. The van der Waals surface area contributed by atoms with E-state index in [-0.39, 0.29) is 11.5 Å². The van der Waals surface area contributed by atoms with E-state index in [0.29, 0.717) is 5.69 Å². The first-order valence-corrected chi connectivity index (χ1v) is 7.63. The first-order chi connectivity index (χ1) is 10.5. The van der Waals surface area contributed by atoms with E-state index in [0.717, 1.165) is 44.8 Å². The molecule has 1 aliphatic rings. The molecule has 2 rings (SSSR count). The minimum absolute atomic E-state index is 0.128. The Balaban J connectivity index is 2.14. The van der Waals surface area contributed by atoms with Crippen LogP contribution < -0.4 is 10.2 Å². The second-order valence-electron chi connectivity index (χ2n) is 5.54. The molecule has 0 unspecified atom stereocenters. The van der Waals surface area contributed by atoms with Crippen molar-refractivity contribution in [2.24, 2.45) is 0 Å². The van der Waals surface area contributed by atoms with Gasteiger partial charge in [-0.2, -0.15) is 0 Å². The second kappa shape index (κ2) is 7.26. The van der Waals surface area contributed by atoms with Crippen LogP contribution in [0.3, 0.4) is 0 Å². The van der Waals surface area contributed by atoms with E-state index in [9.17, 15) is 14.7 Å². The van der Waals surface area contributed by atoms with E-state index in [2.05, 4.69) is 22.0 Å². The Morgan fingerprint density at radius 2 is 1.91 bits per heavy atom. The van der Waals surface area contributed by atoms with Crippen molar-refractivity contribution in [3.05, 3.63) is 23.8 Å². The minimum Gasteiger partial charge on any atom is -0.478 e. The van der Waals surface area contributed by atoms with E-state index in [1.165, 1.54) is 6.92 Å². The number of amides is 1. The zero-order valence-electron chi connectivity index (χ0n) is 13.1. The Labute approximate surface area is 130 Å². The van der Waals surface area contributed by atoms with Crippen molar-refractivity contribution < 1.29 is 14.7 Å². The molecular formula is C16H23N3O3. The molecule has 0 atom stereocenters. The van der Waals surface area contributed by atoms with Crippen LogP contribution in [0.5, 0.6) is 0 Å². The third-order valence-corrected chi connectivity index (χ3v) is 3.82. The van der Waals surface area contributed by atoms with Crippen molar-refractivity contribution in [3.63, 3.8) is 0 Å². The predicted molar refractivity (Wildman–Crippen MR) is 86.6 cm³/mol. The number of piperazine rings is 1. The molecule has 1 amide bonds. The Hall–Kier alpha value is -2.08.